The van der Waals surface area contributed by atoms with Gasteiger partial charge in [-0.05, 0) is 24.6 Å². The van der Waals surface area contributed by atoms with Crippen LogP contribution in [0.1, 0.15) is 32.3 Å². The lowest BCUT2D eigenvalue weighted by Gasteiger charge is -2.47. The molecular weight excluding hydrogens is 368 g/mol. The molecule has 1 unspecified atom stereocenters. The monoisotopic (exact) mass is 396 g/mol. The van der Waals surface area contributed by atoms with E-state index in [4.69, 9.17) is 9.47 Å². The summed E-state index contributed by atoms with van der Waals surface area (Å²) >= 11 is 0. The van der Waals surface area contributed by atoms with Gasteiger partial charge in [-0.3, -0.25) is 0 Å². The third-order valence-corrected chi connectivity index (χ3v) is 6.96. The summed E-state index contributed by atoms with van der Waals surface area (Å²) < 4.78 is 35.3. The number of sulfone groups is 1. The number of carbonyl (C=O) groups excluding carboxylic acids is 1. The summed E-state index contributed by atoms with van der Waals surface area (Å²) in [6.07, 6.45) is 1.59. The number of nitrogens with one attached hydrogen (secondary N) is 1. The summed E-state index contributed by atoms with van der Waals surface area (Å²) in [6.45, 7) is 6.42. The number of morpholine rings is 1. The molecule has 2 amide bonds. The van der Waals surface area contributed by atoms with E-state index in [1.807, 2.05) is 11.8 Å². The summed E-state index contributed by atoms with van der Waals surface area (Å²) in [5.74, 6) is 0.0745. The van der Waals surface area contributed by atoms with Crippen LogP contribution in [0.25, 0.3) is 0 Å². The van der Waals surface area contributed by atoms with E-state index in [-0.39, 0.29) is 23.5 Å². The molecule has 2 fully saturated rings. The molecule has 1 aromatic carbocycles. The Kier molecular flexibility index (Phi) is 6.08. The molecule has 0 saturated carbocycles. The smallest absolute Gasteiger partial charge is 0.317 e. The predicted molar refractivity (Wildman–Crippen MR) is 101 cm³/mol. The predicted octanol–water partition coefficient (Wildman–Crippen LogP) is 1.96. The molecule has 1 aromatic rings. The molecular formula is C19H28N2O5S. The van der Waals surface area contributed by atoms with Gasteiger partial charge in [-0.15, -0.1) is 0 Å². The highest BCUT2D eigenvalue weighted by Gasteiger charge is 2.42. The Hall–Kier alpha value is -1.64. The third kappa shape index (κ3) is 4.80. The molecule has 0 bridgehead atoms. The van der Waals surface area contributed by atoms with Crippen LogP contribution in [0.2, 0.25) is 0 Å². The molecule has 2 aliphatic heterocycles. The Morgan fingerprint density at radius 1 is 1.26 bits per heavy atom. The summed E-state index contributed by atoms with van der Waals surface area (Å²) in [5.41, 5.74) is 0.559. The van der Waals surface area contributed by atoms with Crippen molar-refractivity contribution in [3.8, 4) is 0 Å². The van der Waals surface area contributed by atoms with E-state index in [1.165, 1.54) is 0 Å². The second-order valence-electron chi connectivity index (χ2n) is 7.31. The van der Waals surface area contributed by atoms with Crippen molar-refractivity contribution in [1.82, 2.24) is 10.2 Å². The molecule has 7 nitrogen and oxygen atoms in total. The lowest BCUT2D eigenvalue weighted by atomic mass is 9.91. The van der Waals surface area contributed by atoms with Gasteiger partial charge in [0.2, 0.25) is 0 Å². The van der Waals surface area contributed by atoms with Crippen LogP contribution < -0.4 is 5.32 Å². The van der Waals surface area contributed by atoms with E-state index in [2.05, 4.69) is 5.32 Å². The van der Waals surface area contributed by atoms with Crippen molar-refractivity contribution in [3.05, 3.63) is 29.8 Å². The number of benzene rings is 1. The molecule has 2 heterocycles. The molecule has 1 atom stereocenters. The van der Waals surface area contributed by atoms with Gasteiger partial charge in [0.05, 0.1) is 28.9 Å². The molecule has 0 aromatic heterocycles. The Morgan fingerprint density at radius 2 is 1.93 bits per heavy atom. The lowest BCUT2D eigenvalue weighted by Crippen LogP contribution is -2.60. The minimum atomic E-state index is -3.21. The number of amides is 2. The second-order valence-corrected chi connectivity index (χ2v) is 9.59. The summed E-state index contributed by atoms with van der Waals surface area (Å²) in [7, 11) is -3.21. The number of hydrogen-bond donors (Lipinski definition) is 1. The van der Waals surface area contributed by atoms with Gasteiger partial charge in [0, 0.05) is 39.1 Å². The maximum Gasteiger partial charge on any atom is 0.317 e. The summed E-state index contributed by atoms with van der Waals surface area (Å²) in [5, 5.41) is 2.93. The number of ether oxygens (including phenoxy) is 2. The minimum Gasteiger partial charge on any atom is -0.381 e. The Labute approximate surface area is 160 Å². The molecule has 150 valence electrons. The van der Waals surface area contributed by atoms with E-state index in [9.17, 15) is 13.2 Å². The van der Waals surface area contributed by atoms with Gasteiger partial charge >= 0.3 is 6.03 Å². The molecule has 0 radical (unpaired) electrons. The first-order chi connectivity index (χ1) is 12.8. The van der Waals surface area contributed by atoms with Crippen molar-refractivity contribution in [2.45, 2.75) is 49.8 Å². The molecule has 1 spiro atoms. The molecule has 27 heavy (non-hydrogen) atoms. The summed E-state index contributed by atoms with van der Waals surface area (Å²) in [4.78, 5) is 14.8. The maximum atomic E-state index is 12.6. The quantitative estimate of drug-likeness (QED) is 0.841. The first-order valence-electron chi connectivity index (χ1n) is 9.44. The first-order valence-corrected chi connectivity index (χ1v) is 11.1. The van der Waals surface area contributed by atoms with E-state index in [0.717, 1.165) is 18.4 Å². The highest BCUT2D eigenvalue weighted by atomic mass is 32.2. The van der Waals surface area contributed by atoms with Gasteiger partial charge in [0.25, 0.3) is 0 Å². The number of hydrogen-bond acceptors (Lipinski definition) is 5. The molecule has 2 saturated heterocycles. The van der Waals surface area contributed by atoms with Crippen LogP contribution in [0.15, 0.2) is 29.2 Å². The topological polar surface area (TPSA) is 84.9 Å². The Morgan fingerprint density at radius 3 is 2.56 bits per heavy atom. The van der Waals surface area contributed by atoms with Gasteiger partial charge in [-0.2, -0.15) is 0 Å². The standard InChI is InChI=1S/C19H28N2O5S/c1-3-27(23,24)17-6-4-16(5-7-17)12-20-18(22)21-13-15(2)26-19(14-21)8-10-25-11-9-19/h4-7,15H,3,8-14H2,1-2H3,(H,20,22). The van der Waals surface area contributed by atoms with Crippen LogP contribution >= 0.6 is 0 Å². The van der Waals surface area contributed by atoms with Gasteiger partial charge in [-0.1, -0.05) is 19.1 Å². The van der Waals surface area contributed by atoms with Crippen LogP contribution in [0.3, 0.4) is 0 Å². The van der Waals surface area contributed by atoms with Crippen molar-refractivity contribution < 1.29 is 22.7 Å². The SMILES string of the molecule is CCS(=O)(=O)c1ccc(CNC(=O)N2CC(C)OC3(CCOCC3)C2)cc1. The first kappa shape index (κ1) is 20.1. The fourth-order valence-electron chi connectivity index (χ4n) is 3.67. The van der Waals surface area contributed by atoms with Gasteiger partial charge in [0.15, 0.2) is 9.84 Å². The maximum absolute atomic E-state index is 12.6. The van der Waals surface area contributed by atoms with Crippen LogP contribution in [-0.4, -0.2) is 63.1 Å². The highest BCUT2D eigenvalue weighted by Crippen LogP contribution is 2.31. The normalized spacial score (nSPS) is 22.6. The number of urea groups is 1. The largest absolute Gasteiger partial charge is 0.381 e. The van der Waals surface area contributed by atoms with E-state index < -0.39 is 9.84 Å². The lowest BCUT2D eigenvalue weighted by molar-refractivity contribution is -0.175. The average molecular weight is 397 g/mol. The Balaban J connectivity index is 1.58. The van der Waals surface area contributed by atoms with E-state index in [1.54, 1.807) is 31.2 Å². The van der Waals surface area contributed by atoms with Crippen molar-refractivity contribution in [3.63, 3.8) is 0 Å². The van der Waals surface area contributed by atoms with E-state index >= 15 is 0 Å². The van der Waals surface area contributed by atoms with Gasteiger partial charge in [-0.25, -0.2) is 13.2 Å². The van der Waals surface area contributed by atoms with Crippen LogP contribution in [0.4, 0.5) is 4.79 Å². The van der Waals surface area contributed by atoms with Crippen LogP contribution in [0, 0.1) is 0 Å². The Bertz CT molecular complexity index is 757. The van der Waals surface area contributed by atoms with Crippen molar-refractivity contribution in [2.24, 2.45) is 0 Å². The average Bonchev–Trinajstić information content (AvgIpc) is 2.66. The van der Waals surface area contributed by atoms with Gasteiger partial charge < -0.3 is 19.7 Å². The zero-order chi connectivity index (χ0) is 19.5. The van der Waals surface area contributed by atoms with Crippen LogP contribution in [0.5, 0.6) is 0 Å². The second kappa shape index (κ2) is 8.16. The van der Waals surface area contributed by atoms with Gasteiger partial charge in [0.1, 0.15) is 0 Å². The number of carbonyl (C=O) groups is 1. The summed E-state index contributed by atoms with van der Waals surface area (Å²) in [6, 6.07) is 6.54. The molecule has 8 heteroatoms. The third-order valence-electron chi connectivity index (χ3n) is 5.21. The zero-order valence-electron chi connectivity index (χ0n) is 15.9. The number of nitrogens with zero attached hydrogens (tertiary/aromatic N) is 1. The van der Waals surface area contributed by atoms with Crippen LogP contribution in [-0.2, 0) is 25.9 Å². The molecule has 3 rings (SSSR count). The van der Waals surface area contributed by atoms with Crippen molar-refractivity contribution >= 4 is 15.9 Å². The van der Waals surface area contributed by atoms with E-state index in [0.29, 0.717) is 37.7 Å². The molecule has 1 N–H and O–H groups in total. The fourth-order valence-corrected chi connectivity index (χ4v) is 4.55. The minimum absolute atomic E-state index is 0.0128. The number of rotatable bonds is 4. The van der Waals surface area contributed by atoms with Crippen molar-refractivity contribution in [1.29, 1.82) is 0 Å². The highest BCUT2D eigenvalue weighted by molar-refractivity contribution is 7.91. The molecule has 2 aliphatic rings. The zero-order valence-corrected chi connectivity index (χ0v) is 16.8. The fraction of sp³-hybridized carbons (Fsp3) is 0.632. The molecule has 0 aliphatic carbocycles. The van der Waals surface area contributed by atoms with Crippen molar-refractivity contribution in [2.75, 3.05) is 32.1 Å².